The van der Waals surface area contributed by atoms with E-state index >= 15 is 0 Å². The van der Waals surface area contributed by atoms with Crippen molar-refractivity contribution in [2.45, 2.75) is 20.8 Å². The molecular weight excluding hydrogens is 261 g/mol. The second kappa shape index (κ2) is 7.25. The minimum Gasteiger partial charge on any atom is -0.305 e. The monoisotopic (exact) mass is 279 g/mol. The van der Waals surface area contributed by atoms with E-state index in [9.17, 15) is 9.83 Å². The topological polar surface area (TPSA) is 59.3 Å². The molecule has 0 heterocycles. The predicted molar refractivity (Wildman–Crippen MR) is 75.6 cm³/mol. The molecule has 0 N–H and O–H groups in total. The summed E-state index contributed by atoms with van der Waals surface area (Å²) in [6.45, 7) is 5.84. The van der Waals surface area contributed by atoms with Crippen molar-refractivity contribution in [3.05, 3.63) is 40.7 Å². The SMILES string of the molecule is CCOP(=O)(OCC)/C(C#N)=C\c1cccc(C)c1. The van der Waals surface area contributed by atoms with Gasteiger partial charge in [-0.25, -0.2) is 0 Å². The highest BCUT2D eigenvalue weighted by molar-refractivity contribution is 7.59. The van der Waals surface area contributed by atoms with Crippen LogP contribution in [0.3, 0.4) is 0 Å². The van der Waals surface area contributed by atoms with E-state index in [1.807, 2.05) is 37.3 Å². The number of aryl methyl sites for hydroxylation is 1. The van der Waals surface area contributed by atoms with Crippen molar-refractivity contribution >= 4 is 13.7 Å². The van der Waals surface area contributed by atoms with Gasteiger partial charge >= 0.3 is 7.60 Å². The number of hydrogen-bond acceptors (Lipinski definition) is 4. The van der Waals surface area contributed by atoms with Crippen molar-refractivity contribution in [2.24, 2.45) is 0 Å². The summed E-state index contributed by atoms with van der Waals surface area (Å²) in [5.74, 6) is 0. The number of nitrogens with zero attached hydrogens (tertiary/aromatic N) is 1. The van der Waals surface area contributed by atoms with E-state index in [1.165, 1.54) is 0 Å². The number of allylic oxidation sites excluding steroid dienone is 1. The molecule has 0 aromatic heterocycles. The molecule has 0 aliphatic heterocycles. The third kappa shape index (κ3) is 4.33. The average Bonchev–Trinajstić information content (AvgIpc) is 2.36. The summed E-state index contributed by atoms with van der Waals surface area (Å²) in [6.07, 6.45) is 1.55. The van der Waals surface area contributed by atoms with Gasteiger partial charge in [-0.05, 0) is 32.4 Å². The third-order valence-electron chi connectivity index (χ3n) is 2.35. The second-order valence-electron chi connectivity index (χ2n) is 3.89. The van der Waals surface area contributed by atoms with Gasteiger partial charge in [0.05, 0.1) is 13.2 Å². The first-order valence-electron chi connectivity index (χ1n) is 6.14. The Morgan fingerprint density at radius 2 is 2.00 bits per heavy atom. The highest BCUT2D eigenvalue weighted by Gasteiger charge is 2.29. The molecule has 0 fully saturated rings. The van der Waals surface area contributed by atoms with Gasteiger partial charge in [-0.15, -0.1) is 0 Å². The van der Waals surface area contributed by atoms with Gasteiger partial charge in [-0.2, -0.15) is 5.26 Å². The van der Waals surface area contributed by atoms with Gasteiger partial charge in [0.15, 0.2) is 0 Å². The van der Waals surface area contributed by atoms with E-state index in [2.05, 4.69) is 0 Å². The molecule has 0 radical (unpaired) electrons. The molecule has 4 nitrogen and oxygen atoms in total. The van der Waals surface area contributed by atoms with E-state index in [1.54, 1.807) is 19.9 Å². The van der Waals surface area contributed by atoms with Crippen molar-refractivity contribution in [1.29, 1.82) is 5.26 Å². The van der Waals surface area contributed by atoms with E-state index in [-0.39, 0.29) is 18.5 Å². The van der Waals surface area contributed by atoms with Crippen molar-refractivity contribution in [2.75, 3.05) is 13.2 Å². The fourth-order valence-electron chi connectivity index (χ4n) is 1.61. The van der Waals surface area contributed by atoms with Crippen LogP contribution in [0.25, 0.3) is 6.08 Å². The summed E-state index contributed by atoms with van der Waals surface area (Å²) >= 11 is 0. The Morgan fingerprint density at radius 1 is 1.37 bits per heavy atom. The molecule has 0 saturated heterocycles. The molecular formula is C14H18NO3P. The Labute approximate surface area is 114 Å². The minimum atomic E-state index is -3.51. The van der Waals surface area contributed by atoms with Gasteiger partial charge in [0.25, 0.3) is 0 Å². The Kier molecular flexibility index (Phi) is 5.98. The molecule has 0 atom stereocenters. The smallest absolute Gasteiger partial charge is 0.305 e. The summed E-state index contributed by atoms with van der Waals surface area (Å²) in [5, 5.41) is 9.22. The average molecular weight is 279 g/mol. The summed E-state index contributed by atoms with van der Waals surface area (Å²) < 4.78 is 22.8. The van der Waals surface area contributed by atoms with Gasteiger partial charge < -0.3 is 9.05 Å². The highest BCUT2D eigenvalue weighted by Crippen LogP contribution is 2.56. The lowest BCUT2D eigenvalue weighted by Crippen LogP contribution is -1.97. The number of benzene rings is 1. The standard InChI is InChI=1S/C14H18NO3P/c1-4-17-19(16,18-5-2)14(11-15)10-13-8-6-7-12(3)9-13/h6-10H,4-5H2,1-3H3/b14-10-. The maximum atomic E-state index is 12.5. The third-order valence-corrected chi connectivity index (χ3v) is 4.37. The molecule has 0 saturated carbocycles. The van der Waals surface area contributed by atoms with Crippen LogP contribution >= 0.6 is 7.60 Å². The van der Waals surface area contributed by atoms with E-state index < -0.39 is 7.60 Å². The summed E-state index contributed by atoms with van der Waals surface area (Å²) in [7, 11) is -3.51. The first-order valence-corrected chi connectivity index (χ1v) is 7.68. The fourth-order valence-corrected chi connectivity index (χ4v) is 3.07. The molecule has 19 heavy (non-hydrogen) atoms. The van der Waals surface area contributed by atoms with Crippen molar-refractivity contribution in [3.8, 4) is 6.07 Å². The zero-order valence-electron chi connectivity index (χ0n) is 11.4. The predicted octanol–water partition coefficient (Wildman–Crippen LogP) is 4.13. The van der Waals surface area contributed by atoms with Gasteiger partial charge in [0.1, 0.15) is 11.4 Å². The van der Waals surface area contributed by atoms with Gasteiger partial charge in [-0.1, -0.05) is 29.8 Å². The Hall–Kier alpha value is -1.40. The zero-order chi connectivity index (χ0) is 14.3. The molecule has 1 rings (SSSR count). The molecule has 0 amide bonds. The lowest BCUT2D eigenvalue weighted by atomic mass is 10.1. The number of nitriles is 1. The van der Waals surface area contributed by atoms with E-state index in [0.717, 1.165) is 11.1 Å². The van der Waals surface area contributed by atoms with E-state index in [4.69, 9.17) is 9.05 Å². The molecule has 1 aromatic rings. The van der Waals surface area contributed by atoms with Crippen LogP contribution in [0.5, 0.6) is 0 Å². The van der Waals surface area contributed by atoms with Gasteiger partial charge in [0, 0.05) is 0 Å². The maximum Gasteiger partial charge on any atom is 0.371 e. The number of rotatable bonds is 6. The first-order chi connectivity index (χ1) is 9.05. The quantitative estimate of drug-likeness (QED) is 0.580. The molecule has 0 bridgehead atoms. The van der Waals surface area contributed by atoms with Crippen LogP contribution in [0, 0.1) is 18.3 Å². The van der Waals surface area contributed by atoms with Crippen molar-refractivity contribution < 1.29 is 13.6 Å². The molecule has 5 heteroatoms. The van der Waals surface area contributed by atoms with Gasteiger partial charge in [-0.3, -0.25) is 4.57 Å². The van der Waals surface area contributed by atoms with Crippen LogP contribution < -0.4 is 0 Å². The lowest BCUT2D eigenvalue weighted by molar-refractivity contribution is 0.227. The van der Waals surface area contributed by atoms with Crippen LogP contribution in [0.1, 0.15) is 25.0 Å². The van der Waals surface area contributed by atoms with Crippen LogP contribution in [0.4, 0.5) is 0 Å². The van der Waals surface area contributed by atoms with E-state index in [0.29, 0.717) is 0 Å². The molecule has 0 unspecified atom stereocenters. The maximum absolute atomic E-state index is 12.5. The van der Waals surface area contributed by atoms with Crippen LogP contribution in [-0.2, 0) is 13.6 Å². The van der Waals surface area contributed by atoms with Crippen LogP contribution in [0.15, 0.2) is 29.6 Å². The summed E-state index contributed by atoms with van der Waals surface area (Å²) in [5.41, 5.74) is 1.87. The minimum absolute atomic E-state index is 0.0294. The largest absolute Gasteiger partial charge is 0.371 e. The first kappa shape index (κ1) is 15.7. The Bertz CT molecular complexity index is 536. The number of hydrogen-bond donors (Lipinski definition) is 0. The Morgan fingerprint density at radius 3 is 2.47 bits per heavy atom. The normalized spacial score (nSPS) is 12.2. The molecule has 0 spiro atoms. The van der Waals surface area contributed by atoms with Crippen molar-refractivity contribution in [1.82, 2.24) is 0 Å². The van der Waals surface area contributed by atoms with Crippen LogP contribution in [-0.4, -0.2) is 13.2 Å². The van der Waals surface area contributed by atoms with Gasteiger partial charge in [0.2, 0.25) is 0 Å². The molecule has 0 aliphatic rings. The van der Waals surface area contributed by atoms with Crippen LogP contribution in [0.2, 0.25) is 0 Å². The zero-order valence-corrected chi connectivity index (χ0v) is 12.3. The highest BCUT2D eigenvalue weighted by atomic mass is 31.2. The summed E-state index contributed by atoms with van der Waals surface area (Å²) in [6, 6.07) is 9.50. The molecule has 0 aliphatic carbocycles. The lowest BCUT2D eigenvalue weighted by Gasteiger charge is -2.15. The van der Waals surface area contributed by atoms with Crippen molar-refractivity contribution in [3.63, 3.8) is 0 Å². The second-order valence-corrected chi connectivity index (χ2v) is 5.88. The fraction of sp³-hybridized carbons (Fsp3) is 0.357. The Balaban J connectivity index is 3.18. The summed E-state index contributed by atoms with van der Waals surface area (Å²) in [4.78, 5) is 0. The molecule has 1 aromatic carbocycles. The molecule has 102 valence electrons.